The highest BCUT2D eigenvalue weighted by Crippen LogP contribution is 2.55. The number of carbonyl (C=O) groups is 1. The summed E-state index contributed by atoms with van der Waals surface area (Å²) in [6, 6.07) is 6.24. The molecule has 0 spiro atoms. The van der Waals surface area contributed by atoms with Crippen LogP contribution in [0.2, 0.25) is 0 Å². The first kappa shape index (κ1) is 15.0. The SMILES string of the molecule is Cc1cccc(C)c1NCC(=O)NC12CC3CC(CC(C3)C1)C2. The van der Waals surface area contributed by atoms with Crippen molar-refractivity contribution in [2.75, 3.05) is 11.9 Å². The molecule has 124 valence electrons. The van der Waals surface area contributed by atoms with Crippen LogP contribution in [0.1, 0.15) is 49.7 Å². The van der Waals surface area contributed by atoms with Crippen molar-refractivity contribution in [2.24, 2.45) is 17.8 Å². The van der Waals surface area contributed by atoms with E-state index in [4.69, 9.17) is 0 Å². The van der Waals surface area contributed by atoms with E-state index in [9.17, 15) is 4.79 Å². The van der Waals surface area contributed by atoms with E-state index in [0.29, 0.717) is 6.54 Å². The Morgan fingerprint density at radius 2 is 1.57 bits per heavy atom. The van der Waals surface area contributed by atoms with Crippen molar-refractivity contribution in [3.05, 3.63) is 29.3 Å². The number of hydrogen-bond acceptors (Lipinski definition) is 2. The maximum atomic E-state index is 12.5. The molecule has 3 nitrogen and oxygen atoms in total. The summed E-state index contributed by atoms with van der Waals surface area (Å²) >= 11 is 0. The van der Waals surface area contributed by atoms with Crippen molar-refractivity contribution in [3.63, 3.8) is 0 Å². The Morgan fingerprint density at radius 3 is 2.09 bits per heavy atom. The molecule has 23 heavy (non-hydrogen) atoms. The monoisotopic (exact) mass is 312 g/mol. The Labute approximate surface area is 139 Å². The smallest absolute Gasteiger partial charge is 0.239 e. The number of rotatable bonds is 4. The zero-order valence-electron chi connectivity index (χ0n) is 14.3. The molecule has 0 unspecified atom stereocenters. The van der Waals surface area contributed by atoms with Crippen molar-refractivity contribution in [1.29, 1.82) is 0 Å². The first-order valence-electron chi connectivity index (χ1n) is 9.14. The minimum Gasteiger partial charge on any atom is -0.376 e. The summed E-state index contributed by atoms with van der Waals surface area (Å²) in [5, 5.41) is 6.78. The number of anilines is 1. The second kappa shape index (κ2) is 5.54. The first-order valence-corrected chi connectivity index (χ1v) is 9.14. The van der Waals surface area contributed by atoms with Crippen LogP contribution in [0.5, 0.6) is 0 Å². The lowest BCUT2D eigenvalue weighted by molar-refractivity contribution is -0.125. The number of carbonyl (C=O) groups excluding carboxylic acids is 1. The number of hydrogen-bond donors (Lipinski definition) is 2. The standard InChI is InChI=1S/C20H28N2O/c1-13-4-3-5-14(2)19(13)21-12-18(23)22-20-9-15-6-16(10-20)8-17(7-15)11-20/h3-5,15-17,21H,6-12H2,1-2H3,(H,22,23). The van der Waals surface area contributed by atoms with E-state index in [0.717, 1.165) is 23.4 Å². The van der Waals surface area contributed by atoms with Gasteiger partial charge in [0.05, 0.1) is 6.54 Å². The Bertz CT molecular complexity index is 567. The van der Waals surface area contributed by atoms with Crippen LogP contribution in [0.4, 0.5) is 5.69 Å². The van der Waals surface area contributed by atoms with Crippen LogP contribution >= 0.6 is 0 Å². The van der Waals surface area contributed by atoms with Crippen LogP contribution in [0.25, 0.3) is 0 Å². The summed E-state index contributed by atoms with van der Waals surface area (Å²) < 4.78 is 0. The van der Waals surface area contributed by atoms with Crippen LogP contribution in [0, 0.1) is 31.6 Å². The Balaban J connectivity index is 1.39. The zero-order chi connectivity index (χ0) is 16.0. The summed E-state index contributed by atoms with van der Waals surface area (Å²) in [4.78, 5) is 12.5. The van der Waals surface area contributed by atoms with Crippen LogP contribution in [0.15, 0.2) is 18.2 Å². The highest BCUT2D eigenvalue weighted by atomic mass is 16.2. The number of aryl methyl sites for hydroxylation is 2. The van der Waals surface area contributed by atoms with Gasteiger partial charge in [-0.15, -0.1) is 0 Å². The quantitative estimate of drug-likeness (QED) is 0.888. The minimum atomic E-state index is 0.119. The summed E-state index contributed by atoms with van der Waals surface area (Å²) in [5.74, 6) is 2.77. The highest BCUT2D eigenvalue weighted by Gasteiger charge is 2.51. The van der Waals surface area contributed by atoms with Crippen molar-refractivity contribution >= 4 is 11.6 Å². The third-order valence-electron chi connectivity index (χ3n) is 6.35. The number of benzene rings is 1. The lowest BCUT2D eigenvalue weighted by Gasteiger charge is -2.56. The third kappa shape index (κ3) is 2.86. The predicted octanol–water partition coefficient (Wildman–Crippen LogP) is 3.80. The van der Waals surface area contributed by atoms with Crippen molar-refractivity contribution in [3.8, 4) is 0 Å². The topological polar surface area (TPSA) is 41.1 Å². The molecule has 0 saturated heterocycles. The van der Waals surface area contributed by atoms with Gasteiger partial charge in [0, 0.05) is 11.2 Å². The molecule has 0 aromatic heterocycles. The number of amides is 1. The molecule has 2 N–H and O–H groups in total. The van der Waals surface area contributed by atoms with Crippen molar-refractivity contribution < 1.29 is 4.79 Å². The fourth-order valence-electron chi connectivity index (χ4n) is 5.87. The fourth-order valence-corrected chi connectivity index (χ4v) is 5.87. The fraction of sp³-hybridized carbons (Fsp3) is 0.650. The summed E-state index contributed by atoms with van der Waals surface area (Å²) in [7, 11) is 0. The van der Waals surface area contributed by atoms with E-state index >= 15 is 0 Å². The van der Waals surface area contributed by atoms with E-state index in [1.807, 2.05) is 0 Å². The van der Waals surface area contributed by atoms with Gasteiger partial charge in [0.2, 0.25) is 5.91 Å². The van der Waals surface area contributed by atoms with Crippen LogP contribution in [-0.2, 0) is 4.79 Å². The summed E-state index contributed by atoms with van der Waals surface area (Å²) in [6.07, 6.45) is 7.89. The Hall–Kier alpha value is -1.51. The molecule has 4 aliphatic carbocycles. The van der Waals surface area contributed by atoms with Crippen molar-refractivity contribution in [1.82, 2.24) is 5.32 Å². The van der Waals surface area contributed by atoms with E-state index in [-0.39, 0.29) is 11.4 Å². The van der Waals surface area contributed by atoms with E-state index in [2.05, 4.69) is 42.7 Å². The second-order valence-electron chi connectivity index (χ2n) is 8.37. The lowest BCUT2D eigenvalue weighted by atomic mass is 9.53. The zero-order valence-corrected chi connectivity index (χ0v) is 14.3. The van der Waals surface area contributed by atoms with E-state index in [1.54, 1.807) is 0 Å². The molecule has 4 aliphatic rings. The highest BCUT2D eigenvalue weighted by molar-refractivity contribution is 5.82. The summed E-state index contributed by atoms with van der Waals surface area (Å²) in [6.45, 7) is 4.56. The lowest BCUT2D eigenvalue weighted by Crippen LogP contribution is -2.60. The van der Waals surface area contributed by atoms with Crippen molar-refractivity contribution in [2.45, 2.75) is 57.9 Å². The number of nitrogens with one attached hydrogen (secondary N) is 2. The minimum absolute atomic E-state index is 0.119. The molecule has 3 heteroatoms. The van der Waals surface area contributed by atoms with Gasteiger partial charge in [-0.3, -0.25) is 4.79 Å². The average Bonchev–Trinajstić information content (AvgIpc) is 2.44. The van der Waals surface area contributed by atoms with Crippen LogP contribution in [-0.4, -0.2) is 18.0 Å². The second-order valence-corrected chi connectivity index (χ2v) is 8.37. The number of para-hydroxylation sites is 1. The largest absolute Gasteiger partial charge is 0.376 e. The van der Waals surface area contributed by atoms with E-state index < -0.39 is 0 Å². The average molecular weight is 312 g/mol. The van der Waals surface area contributed by atoms with Crippen LogP contribution in [0.3, 0.4) is 0 Å². The van der Waals surface area contributed by atoms with E-state index in [1.165, 1.54) is 49.7 Å². The Morgan fingerprint density at radius 1 is 1.04 bits per heavy atom. The van der Waals surface area contributed by atoms with Gasteiger partial charge < -0.3 is 10.6 Å². The van der Waals surface area contributed by atoms with Gasteiger partial charge in [-0.25, -0.2) is 0 Å². The molecule has 0 atom stereocenters. The van der Waals surface area contributed by atoms with Gasteiger partial charge in [-0.1, -0.05) is 18.2 Å². The van der Waals surface area contributed by atoms with Gasteiger partial charge in [0.25, 0.3) is 0 Å². The van der Waals surface area contributed by atoms with Crippen LogP contribution < -0.4 is 10.6 Å². The molecule has 0 aliphatic heterocycles. The molecule has 0 heterocycles. The maximum Gasteiger partial charge on any atom is 0.239 e. The Kier molecular flexibility index (Phi) is 3.62. The molecule has 4 saturated carbocycles. The van der Waals surface area contributed by atoms with Gasteiger partial charge in [-0.2, -0.15) is 0 Å². The van der Waals surface area contributed by atoms with Gasteiger partial charge >= 0.3 is 0 Å². The van der Waals surface area contributed by atoms with Gasteiger partial charge in [0.15, 0.2) is 0 Å². The third-order valence-corrected chi connectivity index (χ3v) is 6.35. The predicted molar refractivity (Wildman–Crippen MR) is 93.5 cm³/mol. The molecule has 5 rings (SSSR count). The molecule has 4 fully saturated rings. The van der Waals surface area contributed by atoms with Gasteiger partial charge in [-0.05, 0) is 81.3 Å². The molecule has 1 amide bonds. The maximum absolute atomic E-state index is 12.5. The molecule has 4 bridgehead atoms. The normalized spacial score (nSPS) is 34.4. The summed E-state index contributed by atoms with van der Waals surface area (Å²) in [5.41, 5.74) is 3.63. The van der Waals surface area contributed by atoms with Gasteiger partial charge in [0.1, 0.15) is 0 Å². The molecular weight excluding hydrogens is 284 g/mol. The molecule has 1 aromatic carbocycles. The molecule has 1 aromatic rings. The molecular formula is C20H28N2O. The first-order chi connectivity index (χ1) is 11.0. The molecule has 0 radical (unpaired) electrons.